The molecule has 0 amide bonds. The molecule has 5 heteroatoms. The lowest BCUT2D eigenvalue weighted by molar-refractivity contribution is -0.142. The highest BCUT2D eigenvalue weighted by Gasteiger charge is 2.15. The highest BCUT2D eigenvalue weighted by atomic mass is 16.5. The number of aromatic nitrogens is 2. The Morgan fingerprint density at radius 3 is 2.79 bits per heavy atom. The molecule has 2 N–H and O–H groups in total. The molecule has 1 rings (SSSR count). The molecule has 1 heterocycles. The Balaban J connectivity index is 2.69. The molecule has 14 heavy (non-hydrogen) atoms. The van der Waals surface area contributed by atoms with Crippen molar-refractivity contribution in [3.05, 3.63) is 17.7 Å². The molecule has 1 aromatic rings. The second kappa shape index (κ2) is 4.23. The van der Waals surface area contributed by atoms with Gasteiger partial charge in [-0.1, -0.05) is 0 Å². The zero-order chi connectivity index (χ0) is 10.7. The Morgan fingerprint density at radius 1 is 1.71 bits per heavy atom. The van der Waals surface area contributed by atoms with Crippen molar-refractivity contribution in [3.8, 4) is 0 Å². The Kier molecular flexibility index (Phi) is 3.24. The molecule has 0 saturated carbocycles. The maximum absolute atomic E-state index is 11.1. The van der Waals surface area contributed by atoms with E-state index in [1.54, 1.807) is 0 Å². The molecule has 1 aromatic heterocycles. The smallest absolute Gasteiger partial charge is 0.324 e. The zero-order valence-electron chi connectivity index (χ0n) is 8.65. The molecular weight excluding hydrogens is 182 g/mol. The van der Waals surface area contributed by atoms with E-state index in [0.717, 1.165) is 11.5 Å². The first-order valence-electron chi connectivity index (χ1n) is 4.38. The summed E-state index contributed by atoms with van der Waals surface area (Å²) in [6.45, 7) is 4.17. The van der Waals surface area contributed by atoms with Gasteiger partial charge in [0.2, 0.25) is 0 Å². The van der Waals surface area contributed by atoms with Crippen LogP contribution in [-0.2, 0) is 16.1 Å². The van der Waals surface area contributed by atoms with E-state index in [1.807, 2.05) is 24.6 Å². The van der Waals surface area contributed by atoms with Gasteiger partial charge in [-0.25, -0.2) is 4.98 Å². The Hall–Kier alpha value is -1.36. The summed E-state index contributed by atoms with van der Waals surface area (Å²) < 4.78 is 6.38. The van der Waals surface area contributed by atoms with Crippen molar-refractivity contribution in [1.29, 1.82) is 0 Å². The number of hydrogen-bond acceptors (Lipinski definition) is 4. The van der Waals surface area contributed by atoms with Crippen molar-refractivity contribution in [3.63, 3.8) is 0 Å². The van der Waals surface area contributed by atoms with Crippen molar-refractivity contribution in [2.24, 2.45) is 5.73 Å². The number of ether oxygens (including phenoxy) is 1. The highest BCUT2D eigenvalue weighted by Crippen LogP contribution is 2.02. The normalized spacial score (nSPS) is 12.6. The molecule has 0 aliphatic rings. The molecule has 0 radical (unpaired) electrons. The minimum Gasteiger partial charge on any atom is -0.468 e. The number of methoxy groups -OCH3 is 1. The molecule has 5 nitrogen and oxygen atoms in total. The van der Waals surface area contributed by atoms with Gasteiger partial charge in [-0.05, 0) is 13.8 Å². The summed E-state index contributed by atoms with van der Waals surface area (Å²) in [5, 5.41) is 0. The third-order valence-electron chi connectivity index (χ3n) is 1.99. The average molecular weight is 197 g/mol. The molecule has 0 aliphatic heterocycles. The number of aryl methyl sites for hydroxylation is 2. The van der Waals surface area contributed by atoms with Gasteiger partial charge in [0.15, 0.2) is 0 Å². The van der Waals surface area contributed by atoms with Gasteiger partial charge in [-0.3, -0.25) is 4.79 Å². The van der Waals surface area contributed by atoms with E-state index in [2.05, 4.69) is 9.72 Å². The Labute approximate surface area is 82.9 Å². The maximum Gasteiger partial charge on any atom is 0.324 e. The first-order valence-corrected chi connectivity index (χ1v) is 4.38. The van der Waals surface area contributed by atoms with Crippen LogP contribution in [0, 0.1) is 13.8 Å². The summed E-state index contributed by atoms with van der Waals surface area (Å²) in [5.74, 6) is 0.442. The van der Waals surface area contributed by atoms with Gasteiger partial charge in [0.25, 0.3) is 0 Å². The van der Waals surface area contributed by atoms with Gasteiger partial charge >= 0.3 is 5.97 Å². The summed E-state index contributed by atoms with van der Waals surface area (Å²) >= 11 is 0. The number of hydrogen-bond donors (Lipinski definition) is 1. The predicted octanol–water partition coefficient (Wildman–Crippen LogP) is 0.000240. The number of imidazole rings is 1. The second-order valence-electron chi connectivity index (χ2n) is 3.21. The average Bonchev–Trinajstić information content (AvgIpc) is 2.44. The van der Waals surface area contributed by atoms with Crippen molar-refractivity contribution < 1.29 is 9.53 Å². The lowest BCUT2D eigenvalue weighted by Crippen LogP contribution is -2.35. The fourth-order valence-corrected chi connectivity index (χ4v) is 1.29. The van der Waals surface area contributed by atoms with E-state index in [-0.39, 0.29) is 0 Å². The van der Waals surface area contributed by atoms with Gasteiger partial charge in [0, 0.05) is 12.7 Å². The van der Waals surface area contributed by atoms with E-state index < -0.39 is 12.0 Å². The molecular formula is C9H15N3O2. The van der Waals surface area contributed by atoms with Crippen LogP contribution in [0.3, 0.4) is 0 Å². The third kappa shape index (κ3) is 2.32. The van der Waals surface area contributed by atoms with Crippen molar-refractivity contribution in [2.75, 3.05) is 7.11 Å². The van der Waals surface area contributed by atoms with Crippen molar-refractivity contribution in [1.82, 2.24) is 9.55 Å². The topological polar surface area (TPSA) is 70.1 Å². The van der Waals surface area contributed by atoms with E-state index in [4.69, 9.17) is 5.73 Å². The van der Waals surface area contributed by atoms with E-state index in [1.165, 1.54) is 7.11 Å². The van der Waals surface area contributed by atoms with Gasteiger partial charge < -0.3 is 15.0 Å². The Bertz CT molecular complexity index is 333. The molecule has 1 atom stereocenters. The fourth-order valence-electron chi connectivity index (χ4n) is 1.29. The SMILES string of the molecule is COC(=O)C(N)Cn1cc(C)nc1C. The van der Waals surface area contributed by atoms with Crippen LogP contribution in [-0.4, -0.2) is 28.7 Å². The lowest BCUT2D eigenvalue weighted by Gasteiger charge is -2.10. The van der Waals surface area contributed by atoms with Crippen LogP contribution in [0.25, 0.3) is 0 Å². The monoisotopic (exact) mass is 197 g/mol. The summed E-state index contributed by atoms with van der Waals surface area (Å²) in [6.07, 6.45) is 1.86. The third-order valence-corrected chi connectivity index (χ3v) is 1.99. The van der Waals surface area contributed by atoms with E-state index in [9.17, 15) is 4.79 Å². The molecule has 0 spiro atoms. The maximum atomic E-state index is 11.1. The van der Waals surface area contributed by atoms with Gasteiger partial charge in [-0.2, -0.15) is 0 Å². The number of esters is 1. The minimum absolute atomic E-state index is 0.402. The number of rotatable bonds is 3. The summed E-state index contributed by atoms with van der Waals surface area (Å²) in [6, 6.07) is -0.632. The van der Waals surface area contributed by atoms with Gasteiger partial charge in [-0.15, -0.1) is 0 Å². The summed E-state index contributed by atoms with van der Waals surface area (Å²) in [5.41, 5.74) is 6.53. The molecule has 0 aliphatic carbocycles. The summed E-state index contributed by atoms with van der Waals surface area (Å²) in [7, 11) is 1.33. The summed E-state index contributed by atoms with van der Waals surface area (Å²) in [4.78, 5) is 15.3. The lowest BCUT2D eigenvalue weighted by atomic mass is 10.3. The van der Waals surface area contributed by atoms with Crippen LogP contribution in [0.4, 0.5) is 0 Å². The Morgan fingerprint density at radius 2 is 2.36 bits per heavy atom. The van der Waals surface area contributed by atoms with Crippen molar-refractivity contribution in [2.45, 2.75) is 26.4 Å². The highest BCUT2D eigenvalue weighted by molar-refractivity contribution is 5.75. The molecule has 0 saturated heterocycles. The number of nitrogens with two attached hydrogens (primary N) is 1. The molecule has 78 valence electrons. The quantitative estimate of drug-likeness (QED) is 0.692. The van der Waals surface area contributed by atoms with Crippen LogP contribution in [0.5, 0.6) is 0 Å². The predicted molar refractivity (Wildman–Crippen MR) is 51.7 cm³/mol. The van der Waals surface area contributed by atoms with Crippen molar-refractivity contribution >= 4 is 5.97 Å². The van der Waals surface area contributed by atoms with Crippen LogP contribution in [0.15, 0.2) is 6.20 Å². The number of carbonyl (C=O) groups is 1. The van der Waals surface area contributed by atoms with Crippen LogP contribution < -0.4 is 5.73 Å². The largest absolute Gasteiger partial charge is 0.468 e. The van der Waals surface area contributed by atoms with Crippen LogP contribution in [0.1, 0.15) is 11.5 Å². The fraction of sp³-hybridized carbons (Fsp3) is 0.556. The molecule has 0 bridgehead atoms. The van der Waals surface area contributed by atoms with Gasteiger partial charge in [0.05, 0.1) is 12.8 Å². The van der Waals surface area contributed by atoms with E-state index >= 15 is 0 Å². The number of nitrogens with zero attached hydrogens (tertiary/aromatic N) is 2. The molecule has 0 fully saturated rings. The zero-order valence-corrected chi connectivity index (χ0v) is 8.65. The molecule has 0 aromatic carbocycles. The first kappa shape index (κ1) is 10.7. The van der Waals surface area contributed by atoms with Crippen LogP contribution in [0.2, 0.25) is 0 Å². The van der Waals surface area contributed by atoms with Gasteiger partial charge in [0.1, 0.15) is 11.9 Å². The minimum atomic E-state index is -0.632. The van der Waals surface area contributed by atoms with Crippen LogP contribution >= 0.6 is 0 Å². The standard InChI is InChI=1S/C9H15N3O2/c1-6-4-12(7(2)11-6)5-8(10)9(13)14-3/h4,8H,5,10H2,1-3H3. The molecule has 1 unspecified atom stereocenters. The first-order chi connectivity index (χ1) is 6.54. The number of carbonyl (C=O) groups excluding carboxylic acids is 1. The van der Waals surface area contributed by atoms with E-state index in [0.29, 0.717) is 6.54 Å². The second-order valence-corrected chi connectivity index (χ2v) is 3.21.